The van der Waals surface area contributed by atoms with Crippen molar-refractivity contribution in [2.45, 2.75) is 72.8 Å². The number of rotatable bonds is 8. The van der Waals surface area contributed by atoms with Gasteiger partial charge >= 0.3 is 6.09 Å². The van der Waals surface area contributed by atoms with Crippen LogP contribution in [-0.2, 0) is 4.74 Å². The minimum atomic E-state index is -0.522. The van der Waals surface area contributed by atoms with Gasteiger partial charge in [-0.25, -0.2) is 14.8 Å². The molecule has 2 aromatic carbocycles. The number of methoxy groups -OCH3 is 1. The minimum absolute atomic E-state index is 0.371. The molecule has 0 saturated carbocycles. The summed E-state index contributed by atoms with van der Waals surface area (Å²) in [5.74, 6) is 4.27. The molecule has 1 saturated heterocycles. The zero-order valence-electron chi connectivity index (χ0n) is 23.7. The number of benzene rings is 2. The molecule has 0 aliphatic carbocycles. The normalized spacial score (nSPS) is 16.6. The number of terminal acetylenes is 1. The van der Waals surface area contributed by atoms with Crippen LogP contribution >= 0.6 is 0 Å². The Labute approximate surface area is 227 Å². The summed E-state index contributed by atoms with van der Waals surface area (Å²) in [6.45, 7) is 13.1. The first-order valence-corrected chi connectivity index (χ1v) is 13.4. The summed E-state index contributed by atoms with van der Waals surface area (Å²) in [7, 11) is 1.59. The largest absolute Gasteiger partial charge is 0.494 e. The average molecular weight is 517 g/mol. The molecule has 1 N–H and O–H groups in total. The molecule has 4 rings (SSSR count). The van der Waals surface area contributed by atoms with Crippen molar-refractivity contribution in [3.8, 4) is 18.1 Å². The maximum atomic E-state index is 13.0. The van der Waals surface area contributed by atoms with Crippen LogP contribution in [0.3, 0.4) is 0 Å². The van der Waals surface area contributed by atoms with Gasteiger partial charge in [-0.15, -0.1) is 6.42 Å². The van der Waals surface area contributed by atoms with Crippen molar-refractivity contribution in [3.05, 3.63) is 47.8 Å². The van der Waals surface area contributed by atoms with Crippen LogP contribution in [0.25, 0.3) is 10.9 Å². The Kier molecular flexibility index (Phi) is 9.57. The molecular weight excluding hydrogens is 476 g/mol. The third-order valence-corrected chi connectivity index (χ3v) is 6.86. The van der Waals surface area contributed by atoms with Crippen LogP contribution in [0.1, 0.15) is 71.4 Å². The van der Waals surface area contributed by atoms with Crippen molar-refractivity contribution in [1.82, 2.24) is 9.97 Å². The van der Waals surface area contributed by atoms with E-state index >= 15 is 0 Å². The standard InChI is InChI=1S/C27H30N4O3.C4H10/c1-7-19-10-9-11-21(18(19)5)30-25-20-12-23(24(33-6)13-22(20)28-16-29-25)31-15-27(8-2,14-17(3)4)34-26(31)32;1-3-4-2/h1,9-13,16-17H,8,14-15H2,2-6H3,(H,28,29,30);3-4H2,1-2H3. The molecule has 1 fully saturated rings. The Morgan fingerprint density at radius 1 is 1.21 bits per heavy atom. The third kappa shape index (κ3) is 6.19. The second kappa shape index (κ2) is 12.6. The summed E-state index contributed by atoms with van der Waals surface area (Å²) in [5.41, 5.74) is 3.43. The first-order valence-electron chi connectivity index (χ1n) is 13.4. The topological polar surface area (TPSA) is 76.6 Å². The van der Waals surface area contributed by atoms with Gasteiger partial charge in [0.1, 0.15) is 23.5 Å². The van der Waals surface area contributed by atoms with Gasteiger partial charge < -0.3 is 14.8 Å². The number of cyclic esters (lactones) is 1. The SMILES string of the molecule is C#Cc1cccc(Nc2ncnc3cc(OC)c(N4CC(CC)(CC(C)C)OC4=O)cc23)c1C.CCCC. The predicted octanol–water partition coefficient (Wildman–Crippen LogP) is 7.63. The molecule has 1 amide bonds. The van der Waals surface area contributed by atoms with Crippen LogP contribution in [0.2, 0.25) is 0 Å². The predicted molar refractivity (Wildman–Crippen MR) is 155 cm³/mol. The van der Waals surface area contributed by atoms with Gasteiger partial charge in [0.15, 0.2) is 0 Å². The Bertz CT molecular complexity index is 1310. The smallest absolute Gasteiger partial charge is 0.415 e. The molecule has 0 spiro atoms. The van der Waals surface area contributed by atoms with Crippen LogP contribution in [0.15, 0.2) is 36.7 Å². The van der Waals surface area contributed by atoms with Crippen molar-refractivity contribution < 1.29 is 14.3 Å². The molecule has 1 aliphatic heterocycles. The molecule has 0 bridgehead atoms. The number of carbonyl (C=O) groups is 1. The number of anilines is 3. The maximum absolute atomic E-state index is 13.0. The molecule has 1 unspecified atom stereocenters. The summed E-state index contributed by atoms with van der Waals surface area (Å²) in [6, 6.07) is 9.47. The Hall–Kier alpha value is -3.79. The zero-order valence-corrected chi connectivity index (χ0v) is 23.7. The van der Waals surface area contributed by atoms with Gasteiger partial charge in [0, 0.05) is 22.7 Å². The summed E-state index contributed by atoms with van der Waals surface area (Å²) >= 11 is 0. The first kappa shape index (κ1) is 28.8. The van der Waals surface area contributed by atoms with Gasteiger partial charge in [-0.2, -0.15) is 0 Å². The molecule has 3 aromatic rings. The van der Waals surface area contributed by atoms with Crippen molar-refractivity contribution in [2.24, 2.45) is 5.92 Å². The lowest BCUT2D eigenvalue weighted by atomic mass is 9.90. The lowest BCUT2D eigenvalue weighted by molar-refractivity contribution is 0.0363. The number of hydrogen-bond acceptors (Lipinski definition) is 6. The van der Waals surface area contributed by atoms with E-state index in [1.54, 1.807) is 12.0 Å². The van der Waals surface area contributed by atoms with Crippen LogP contribution in [0.5, 0.6) is 5.75 Å². The first-order chi connectivity index (χ1) is 18.2. The molecule has 1 aromatic heterocycles. The van der Waals surface area contributed by atoms with Gasteiger partial charge in [0.05, 0.1) is 24.9 Å². The van der Waals surface area contributed by atoms with E-state index in [4.69, 9.17) is 15.9 Å². The van der Waals surface area contributed by atoms with Crippen molar-refractivity contribution in [1.29, 1.82) is 0 Å². The van der Waals surface area contributed by atoms with Gasteiger partial charge in [0.25, 0.3) is 0 Å². The molecule has 0 radical (unpaired) electrons. The summed E-state index contributed by atoms with van der Waals surface area (Å²) in [4.78, 5) is 23.6. The molecule has 38 heavy (non-hydrogen) atoms. The van der Waals surface area contributed by atoms with Crippen molar-refractivity contribution in [3.63, 3.8) is 0 Å². The second-order valence-corrected chi connectivity index (χ2v) is 10.1. The summed E-state index contributed by atoms with van der Waals surface area (Å²) in [6.07, 6.45) is 10.9. The van der Waals surface area contributed by atoms with Crippen LogP contribution in [0.4, 0.5) is 22.0 Å². The molecule has 1 atom stereocenters. The summed E-state index contributed by atoms with van der Waals surface area (Å²) < 4.78 is 11.6. The third-order valence-electron chi connectivity index (χ3n) is 6.86. The molecule has 1 aliphatic rings. The maximum Gasteiger partial charge on any atom is 0.415 e. The van der Waals surface area contributed by atoms with Gasteiger partial charge in [0.2, 0.25) is 0 Å². The van der Waals surface area contributed by atoms with E-state index in [1.807, 2.05) is 37.3 Å². The Balaban J connectivity index is 0.000000934. The van der Waals surface area contributed by atoms with E-state index in [9.17, 15) is 4.79 Å². The summed E-state index contributed by atoms with van der Waals surface area (Å²) in [5, 5.41) is 4.15. The highest BCUT2D eigenvalue weighted by Crippen LogP contribution is 2.41. The quantitative estimate of drug-likeness (QED) is 0.310. The molecular formula is C31H40N4O3. The van der Waals surface area contributed by atoms with Crippen molar-refractivity contribution in [2.75, 3.05) is 23.9 Å². The number of hydrogen-bond donors (Lipinski definition) is 1. The second-order valence-electron chi connectivity index (χ2n) is 10.1. The van der Waals surface area contributed by atoms with Gasteiger partial charge in [-0.3, -0.25) is 4.90 Å². The van der Waals surface area contributed by atoms with E-state index in [0.717, 1.165) is 35.0 Å². The molecule has 202 valence electrons. The fraction of sp³-hybridized carbons (Fsp3) is 0.452. The van der Waals surface area contributed by atoms with Crippen molar-refractivity contribution >= 4 is 34.2 Å². The number of aromatic nitrogens is 2. The van der Waals surface area contributed by atoms with Gasteiger partial charge in [-0.05, 0) is 49.4 Å². The van der Waals surface area contributed by atoms with E-state index in [1.165, 1.54) is 19.2 Å². The highest BCUT2D eigenvalue weighted by Gasteiger charge is 2.45. The number of carbonyl (C=O) groups excluding carboxylic acids is 1. The monoisotopic (exact) mass is 516 g/mol. The fourth-order valence-electron chi connectivity index (χ4n) is 4.59. The Morgan fingerprint density at radius 3 is 2.55 bits per heavy atom. The highest BCUT2D eigenvalue weighted by molar-refractivity contribution is 6.00. The zero-order chi connectivity index (χ0) is 27.9. The average Bonchev–Trinajstić information content (AvgIpc) is 3.24. The lowest BCUT2D eigenvalue weighted by Gasteiger charge is -2.27. The van der Waals surface area contributed by atoms with E-state index in [-0.39, 0.29) is 6.09 Å². The minimum Gasteiger partial charge on any atom is -0.494 e. The van der Waals surface area contributed by atoms with E-state index in [2.05, 4.69) is 55.8 Å². The van der Waals surface area contributed by atoms with E-state index < -0.39 is 5.60 Å². The molecule has 7 heteroatoms. The highest BCUT2D eigenvalue weighted by atomic mass is 16.6. The number of ether oxygens (including phenoxy) is 2. The van der Waals surface area contributed by atoms with Crippen LogP contribution in [-0.4, -0.2) is 35.3 Å². The van der Waals surface area contributed by atoms with Gasteiger partial charge in [-0.1, -0.05) is 59.4 Å². The lowest BCUT2D eigenvalue weighted by Crippen LogP contribution is -2.35. The number of fused-ring (bicyclic) bond motifs is 1. The number of amides is 1. The fourth-order valence-corrected chi connectivity index (χ4v) is 4.59. The number of nitrogens with one attached hydrogen (secondary N) is 1. The van der Waals surface area contributed by atoms with Crippen LogP contribution < -0.4 is 15.0 Å². The Morgan fingerprint density at radius 2 is 1.95 bits per heavy atom. The number of nitrogens with zero attached hydrogens (tertiary/aromatic N) is 3. The number of unbranched alkanes of at least 4 members (excludes halogenated alkanes) is 1. The van der Waals surface area contributed by atoms with Crippen LogP contribution in [0, 0.1) is 25.2 Å². The molecule has 2 heterocycles. The molecule has 7 nitrogen and oxygen atoms in total. The van der Waals surface area contributed by atoms with E-state index in [0.29, 0.717) is 35.2 Å².